The molecule has 1 aromatic carbocycles. The van der Waals surface area contributed by atoms with Crippen LogP contribution in [0.15, 0.2) is 22.6 Å². The van der Waals surface area contributed by atoms with Crippen LogP contribution in [-0.2, 0) is 0 Å². The standard InChI is InChI=1S/C20H27N5O2.2ClH/c1-25-14-4-2-5-15(25)9-12(8-14)22-19(26)16-6-3-7-17-18(16)24-20(27-17)23-13-10-21-11-13;;/h3,6-7,12-15,21H,2,4-5,8-11H2,1H3,(H,22,26)(H,23,24);2*1H. The molecule has 3 aliphatic heterocycles. The normalized spacial score (nSPS) is 26.7. The third kappa shape index (κ3) is 4.33. The maximum Gasteiger partial charge on any atom is 0.296 e. The minimum absolute atomic E-state index is 0. The average molecular weight is 442 g/mol. The zero-order valence-corrected chi connectivity index (χ0v) is 18.2. The van der Waals surface area contributed by atoms with Crippen molar-refractivity contribution in [2.24, 2.45) is 0 Å². The molecule has 5 rings (SSSR count). The topological polar surface area (TPSA) is 82.4 Å². The molecular formula is C20H29Cl2N5O2. The molecule has 2 bridgehead atoms. The highest BCUT2D eigenvalue weighted by atomic mass is 35.5. The van der Waals surface area contributed by atoms with E-state index in [1.165, 1.54) is 19.3 Å². The lowest BCUT2D eigenvalue weighted by Crippen LogP contribution is -2.55. The van der Waals surface area contributed by atoms with E-state index in [4.69, 9.17) is 4.42 Å². The van der Waals surface area contributed by atoms with Gasteiger partial charge in [-0.15, -0.1) is 24.8 Å². The van der Waals surface area contributed by atoms with Gasteiger partial charge in [0.25, 0.3) is 11.9 Å². The van der Waals surface area contributed by atoms with Crippen molar-refractivity contribution in [3.05, 3.63) is 23.8 Å². The van der Waals surface area contributed by atoms with Crippen LogP contribution in [0.25, 0.3) is 11.1 Å². The third-order valence-corrected chi connectivity index (χ3v) is 6.45. The first-order valence-corrected chi connectivity index (χ1v) is 10.1. The van der Waals surface area contributed by atoms with Gasteiger partial charge in [-0.2, -0.15) is 4.98 Å². The first kappa shape index (κ1) is 22.2. The number of piperidine rings is 2. The Morgan fingerprint density at radius 2 is 1.90 bits per heavy atom. The molecule has 2 aromatic rings. The van der Waals surface area contributed by atoms with Gasteiger partial charge in [0.1, 0.15) is 5.52 Å². The minimum Gasteiger partial charge on any atom is -0.424 e. The van der Waals surface area contributed by atoms with Crippen molar-refractivity contribution >= 4 is 47.8 Å². The van der Waals surface area contributed by atoms with Gasteiger partial charge in [-0.25, -0.2) is 0 Å². The van der Waals surface area contributed by atoms with E-state index in [0.29, 0.717) is 40.8 Å². The third-order valence-electron chi connectivity index (χ3n) is 6.45. The van der Waals surface area contributed by atoms with Crippen molar-refractivity contribution in [3.8, 4) is 0 Å². The van der Waals surface area contributed by atoms with Crippen LogP contribution in [0.5, 0.6) is 0 Å². The summed E-state index contributed by atoms with van der Waals surface area (Å²) in [7, 11) is 2.23. The van der Waals surface area contributed by atoms with Crippen LogP contribution in [0.1, 0.15) is 42.5 Å². The molecule has 0 saturated carbocycles. The lowest BCUT2D eigenvalue weighted by molar-refractivity contribution is 0.0463. The predicted molar refractivity (Wildman–Crippen MR) is 118 cm³/mol. The highest BCUT2D eigenvalue weighted by Crippen LogP contribution is 2.33. The number of hydrogen-bond acceptors (Lipinski definition) is 6. The largest absolute Gasteiger partial charge is 0.424 e. The zero-order valence-electron chi connectivity index (χ0n) is 16.5. The van der Waals surface area contributed by atoms with Gasteiger partial charge in [0.15, 0.2) is 5.58 Å². The molecule has 2 unspecified atom stereocenters. The SMILES string of the molecule is CN1C2CCCC1CC(NC(=O)c1cccc3oc(NC4CNC4)nc13)C2.Cl.Cl. The molecule has 3 N–H and O–H groups in total. The Kier molecular flexibility index (Phi) is 6.94. The second-order valence-corrected chi connectivity index (χ2v) is 8.22. The Bertz CT molecular complexity index is 843. The van der Waals surface area contributed by atoms with Gasteiger partial charge in [-0.3, -0.25) is 4.79 Å². The molecule has 9 heteroatoms. The molecular weight excluding hydrogens is 413 g/mol. The maximum absolute atomic E-state index is 13.0. The molecule has 7 nitrogen and oxygen atoms in total. The smallest absolute Gasteiger partial charge is 0.296 e. The molecule has 4 heterocycles. The first-order valence-electron chi connectivity index (χ1n) is 10.1. The quantitative estimate of drug-likeness (QED) is 0.676. The van der Waals surface area contributed by atoms with E-state index in [2.05, 4.69) is 32.9 Å². The molecule has 3 aliphatic rings. The Labute approximate surface area is 183 Å². The molecule has 3 saturated heterocycles. The Balaban J connectivity index is 0.00000120. The molecule has 1 amide bonds. The van der Waals surface area contributed by atoms with Gasteiger partial charge < -0.3 is 25.3 Å². The number of anilines is 1. The number of halogens is 2. The molecule has 2 atom stereocenters. The van der Waals surface area contributed by atoms with Crippen molar-refractivity contribution in [1.29, 1.82) is 0 Å². The first-order chi connectivity index (χ1) is 13.2. The van der Waals surface area contributed by atoms with E-state index in [1.54, 1.807) is 0 Å². The lowest BCUT2D eigenvalue weighted by atomic mass is 9.82. The molecule has 29 heavy (non-hydrogen) atoms. The van der Waals surface area contributed by atoms with Crippen molar-refractivity contribution in [2.75, 3.05) is 25.5 Å². The van der Waals surface area contributed by atoms with E-state index in [9.17, 15) is 4.79 Å². The van der Waals surface area contributed by atoms with E-state index in [-0.39, 0.29) is 36.8 Å². The fourth-order valence-corrected chi connectivity index (χ4v) is 4.76. The molecule has 0 spiro atoms. The summed E-state index contributed by atoms with van der Waals surface area (Å²) >= 11 is 0. The average Bonchev–Trinajstić information content (AvgIpc) is 3.01. The number of nitrogens with zero attached hydrogens (tertiary/aromatic N) is 2. The fourth-order valence-electron chi connectivity index (χ4n) is 4.76. The number of benzene rings is 1. The summed E-state index contributed by atoms with van der Waals surface area (Å²) in [5.74, 6) is -0.0432. The van der Waals surface area contributed by atoms with Crippen molar-refractivity contribution in [1.82, 2.24) is 20.5 Å². The predicted octanol–water partition coefficient (Wildman–Crippen LogP) is 2.80. The number of aromatic nitrogens is 1. The Hall–Kier alpha value is -1.54. The molecule has 3 fully saturated rings. The van der Waals surface area contributed by atoms with Crippen LogP contribution in [0, 0.1) is 0 Å². The number of hydrogen-bond donors (Lipinski definition) is 3. The summed E-state index contributed by atoms with van der Waals surface area (Å²) in [6, 6.07) is 7.83. The van der Waals surface area contributed by atoms with Crippen molar-refractivity contribution in [2.45, 2.75) is 56.3 Å². The Morgan fingerprint density at radius 3 is 2.55 bits per heavy atom. The monoisotopic (exact) mass is 441 g/mol. The maximum atomic E-state index is 13.0. The summed E-state index contributed by atoms with van der Waals surface area (Å²) in [5.41, 5.74) is 1.88. The van der Waals surface area contributed by atoms with Gasteiger partial charge in [0, 0.05) is 31.2 Å². The second-order valence-electron chi connectivity index (χ2n) is 8.22. The summed E-state index contributed by atoms with van der Waals surface area (Å²) in [4.78, 5) is 20.0. The van der Waals surface area contributed by atoms with E-state index in [0.717, 1.165) is 25.9 Å². The second kappa shape index (κ2) is 9.08. The summed E-state index contributed by atoms with van der Waals surface area (Å²) in [6.07, 6.45) is 5.86. The molecule has 160 valence electrons. The number of amides is 1. The van der Waals surface area contributed by atoms with Crippen LogP contribution < -0.4 is 16.0 Å². The molecule has 0 aliphatic carbocycles. The number of para-hydroxylation sites is 1. The summed E-state index contributed by atoms with van der Waals surface area (Å²) < 4.78 is 5.79. The number of rotatable bonds is 4. The van der Waals surface area contributed by atoms with Crippen LogP contribution in [0.3, 0.4) is 0 Å². The van der Waals surface area contributed by atoms with E-state index in [1.807, 2.05) is 18.2 Å². The molecule has 0 radical (unpaired) electrons. The number of oxazole rings is 1. The highest BCUT2D eigenvalue weighted by Gasteiger charge is 2.36. The fraction of sp³-hybridized carbons (Fsp3) is 0.600. The van der Waals surface area contributed by atoms with Gasteiger partial charge in [0.05, 0.1) is 11.6 Å². The van der Waals surface area contributed by atoms with E-state index >= 15 is 0 Å². The number of carbonyl (C=O) groups is 1. The van der Waals surface area contributed by atoms with Gasteiger partial charge in [0.2, 0.25) is 0 Å². The highest BCUT2D eigenvalue weighted by molar-refractivity contribution is 6.04. The van der Waals surface area contributed by atoms with Gasteiger partial charge in [-0.1, -0.05) is 12.5 Å². The van der Waals surface area contributed by atoms with E-state index < -0.39 is 0 Å². The molecule has 1 aromatic heterocycles. The number of carbonyl (C=O) groups excluding carboxylic acids is 1. The van der Waals surface area contributed by atoms with Crippen LogP contribution >= 0.6 is 24.8 Å². The number of nitrogens with one attached hydrogen (secondary N) is 3. The van der Waals surface area contributed by atoms with Gasteiger partial charge >= 0.3 is 0 Å². The van der Waals surface area contributed by atoms with Crippen LogP contribution in [0.2, 0.25) is 0 Å². The zero-order chi connectivity index (χ0) is 18.4. The minimum atomic E-state index is -0.0432. The number of fused-ring (bicyclic) bond motifs is 3. The lowest BCUT2D eigenvalue weighted by Gasteiger charge is -2.47. The van der Waals surface area contributed by atoms with Crippen molar-refractivity contribution in [3.63, 3.8) is 0 Å². The Morgan fingerprint density at radius 1 is 1.17 bits per heavy atom. The van der Waals surface area contributed by atoms with Gasteiger partial charge in [-0.05, 0) is 44.9 Å². The summed E-state index contributed by atoms with van der Waals surface area (Å²) in [5, 5.41) is 9.75. The van der Waals surface area contributed by atoms with Crippen LogP contribution in [-0.4, -0.2) is 60.1 Å². The van der Waals surface area contributed by atoms with Crippen molar-refractivity contribution < 1.29 is 9.21 Å². The van der Waals surface area contributed by atoms with Crippen LogP contribution in [0.4, 0.5) is 6.01 Å². The summed E-state index contributed by atoms with van der Waals surface area (Å²) in [6.45, 7) is 1.81.